The van der Waals surface area contributed by atoms with Gasteiger partial charge in [0, 0.05) is 18.8 Å². The summed E-state index contributed by atoms with van der Waals surface area (Å²) < 4.78 is 10.5. The van der Waals surface area contributed by atoms with E-state index in [4.69, 9.17) is 9.15 Å². The van der Waals surface area contributed by atoms with Crippen LogP contribution in [0.1, 0.15) is 19.3 Å². The largest absolute Gasteiger partial charge is 0.417 e. The fourth-order valence-electron chi connectivity index (χ4n) is 3.36. The highest BCUT2D eigenvalue weighted by atomic mass is 16.5. The van der Waals surface area contributed by atoms with Crippen molar-refractivity contribution in [1.82, 2.24) is 9.88 Å². The molecule has 0 spiro atoms. The van der Waals surface area contributed by atoms with Crippen LogP contribution in [-0.4, -0.2) is 48.1 Å². The van der Waals surface area contributed by atoms with Crippen LogP contribution >= 0.6 is 0 Å². The monoisotopic (exact) mass is 331 g/mol. The van der Waals surface area contributed by atoms with Gasteiger partial charge in [0.25, 0.3) is 0 Å². The maximum Gasteiger partial charge on any atom is 0.417 e. The number of oxazole rings is 1. The first kappa shape index (κ1) is 15.4. The third-order valence-electron chi connectivity index (χ3n) is 4.95. The molecule has 2 fully saturated rings. The van der Waals surface area contributed by atoms with Crippen molar-refractivity contribution in [3.63, 3.8) is 0 Å². The summed E-state index contributed by atoms with van der Waals surface area (Å²) in [6.07, 6.45) is 3.82. The van der Waals surface area contributed by atoms with Crippen LogP contribution in [0.5, 0.6) is 0 Å². The summed E-state index contributed by atoms with van der Waals surface area (Å²) in [5.41, 5.74) is 1.69. The van der Waals surface area contributed by atoms with E-state index >= 15 is 0 Å². The van der Waals surface area contributed by atoms with Crippen molar-refractivity contribution in [1.29, 1.82) is 0 Å². The lowest BCUT2D eigenvalue weighted by Crippen LogP contribution is -2.53. The number of nitrogens with one attached hydrogen (secondary N) is 2. The molecule has 1 atom stereocenters. The molecule has 4 rings (SSSR count). The highest BCUT2D eigenvalue weighted by Crippen LogP contribution is 2.28. The normalized spacial score (nSPS) is 22.4. The summed E-state index contributed by atoms with van der Waals surface area (Å²) in [6.45, 7) is 2.86. The van der Waals surface area contributed by atoms with E-state index in [1.54, 1.807) is 18.2 Å². The van der Waals surface area contributed by atoms with Crippen LogP contribution in [0, 0.1) is 5.92 Å². The zero-order valence-electron chi connectivity index (χ0n) is 13.4. The number of benzene rings is 1. The number of hydrogen-bond donors (Lipinski definition) is 2. The number of hydrogen-bond acceptors (Lipinski definition) is 5. The molecular formula is C17H21N3O4. The topological polar surface area (TPSA) is 87.6 Å². The Morgan fingerprint density at radius 1 is 1.38 bits per heavy atom. The summed E-state index contributed by atoms with van der Waals surface area (Å²) in [7, 11) is 0. The van der Waals surface area contributed by atoms with Crippen molar-refractivity contribution in [3.8, 4) is 0 Å². The molecule has 1 aliphatic heterocycles. The first-order chi connectivity index (χ1) is 11.7. The molecule has 7 nitrogen and oxygen atoms in total. The number of anilines is 1. The zero-order valence-corrected chi connectivity index (χ0v) is 13.4. The Bertz CT molecular complexity index is 792. The fourth-order valence-corrected chi connectivity index (χ4v) is 3.36. The Labute approximate surface area is 139 Å². The number of aromatic nitrogens is 1. The van der Waals surface area contributed by atoms with Gasteiger partial charge in [0.1, 0.15) is 6.04 Å². The van der Waals surface area contributed by atoms with E-state index in [2.05, 4.69) is 15.2 Å². The van der Waals surface area contributed by atoms with Gasteiger partial charge in [-0.25, -0.2) is 4.79 Å². The maximum absolute atomic E-state index is 12.7. The Balaban J connectivity index is 1.46. The van der Waals surface area contributed by atoms with Crippen molar-refractivity contribution in [2.75, 3.05) is 31.6 Å². The van der Waals surface area contributed by atoms with Gasteiger partial charge in [0.15, 0.2) is 5.58 Å². The number of fused-ring (bicyclic) bond motifs is 1. The molecule has 2 aliphatic rings. The molecule has 0 bridgehead atoms. The van der Waals surface area contributed by atoms with Crippen molar-refractivity contribution in [2.24, 2.45) is 5.92 Å². The Kier molecular flexibility index (Phi) is 4.12. The molecule has 1 aromatic carbocycles. The molecule has 128 valence electrons. The van der Waals surface area contributed by atoms with Gasteiger partial charge in [-0.15, -0.1) is 0 Å². The number of H-pyrrole nitrogens is 1. The van der Waals surface area contributed by atoms with Gasteiger partial charge >= 0.3 is 5.76 Å². The summed E-state index contributed by atoms with van der Waals surface area (Å²) in [5.74, 6) is 0.144. The zero-order chi connectivity index (χ0) is 16.5. The molecule has 0 unspecified atom stereocenters. The van der Waals surface area contributed by atoms with Crippen LogP contribution in [0.15, 0.2) is 27.4 Å². The van der Waals surface area contributed by atoms with Crippen molar-refractivity contribution in [3.05, 3.63) is 28.7 Å². The Morgan fingerprint density at radius 3 is 3.04 bits per heavy atom. The average molecular weight is 331 g/mol. The molecule has 2 heterocycles. The van der Waals surface area contributed by atoms with Crippen molar-refractivity contribution >= 4 is 22.7 Å². The minimum absolute atomic E-state index is 0.0702. The van der Waals surface area contributed by atoms with E-state index in [1.807, 2.05) is 0 Å². The minimum atomic E-state index is -0.499. The molecule has 24 heavy (non-hydrogen) atoms. The lowest BCUT2D eigenvalue weighted by Gasteiger charge is -2.39. The van der Waals surface area contributed by atoms with E-state index in [-0.39, 0.29) is 11.9 Å². The second kappa shape index (κ2) is 6.41. The van der Waals surface area contributed by atoms with Crippen LogP contribution in [0.4, 0.5) is 5.69 Å². The van der Waals surface area contributed by atoms with Gasteiger partial charge < -0.3 is 14.5 Å². The molecular weight excluding hydrogens is 310 g/mol. The number of morpholine rings is 1. The van der Waals surface area contributed by atoms with Crippen LogP contribution in [0.2, 0.25) is 0 Å². The second-order valence-corrected chi connectivity index (χ2v) is 6.60. The number of amides is 1. The molecule has 1 amide bonds. The van der Waals surface area contributed by atoms with Crippen molar-refractivity contribution in [2.45, 2.75) is 25.3 Å². The molecule has 1 aliphatic carbocycles. The lowest BCUT2D eigenvalue weighted by atomic mass is 9.84. The summed E-state index contributed by atoms with van der Waals surface area (Å²) in [6, 6.07) is 4.85. The third-order valence-corrected chi connectivity index (χ3v) is 4.95. The van der Waals surface area contributed by atoms with Crippen LogP contribution < -0.4 is 11.1 Å². The molecule has 7 heteroatoms. The average Bonchev–Trinajstić information content (AvgIpc) is 2.90. The first-order valence-corrected chi connectivity index (χ1v) is 8.44. The molecule has 2 aromatic rings. The SMILES string of the molecule is O=C(Nc1ccc2oc(=O)[nH]c2c1)[C@@H]1COCCN1CC1CCC1. The smallest absolute Gasteiger partial charge is 0.408 e. The fraction of sp³-hybridized carbons (Fsp3) is 0.529. The number of rotatable bonds is 4. The molecule has 0 radical (unpaired) electrons. The van der Waals surface area contributed by atoms with Crippen LogP contribution in [0.3, 0.4) is 0 Å². The summed E-state index contributed by atoms with van der Waals surface area (Å²) >= 11 is 0. The van der Waals surface area contributed by atoms with Gasteiger partial charge in [-0.2, -0.15) is 0 Å². The van der Waals surface area contributed by atoms with E-state index in [1.165, 1.54) is 19.3 Å². The van der Waals surface area contributed by atoms with Gasteiger partial charge in [-0.3, -0.25) is 14.7 Å². The van der Waals surface area contributed by atoms with Gasteiger partial charge in [-0.1, -0.05) is 6.42 Å². The quantitative estimate of drug-likeness (QED) is 0.888. The predicted molar refractivity (Wildman–Crippen MR) is 89.0 cm³/mol. The minimum Gasteiger partial charge on any atom is -0.408 e. The summed E-state index contributed by atoms with van der Waals surface area (Å²) in [4.78, 5) is 28.7. The number of carbonyl (C=O) groups excluding carboxylic acids is 1. The standard InChI is InChI=1S/C17H21N3O4/c21-16(14-10-23-7-6-20(14)9-11-2-1-3-11)18-12-4-5-15-13(8-12)19-17(22)24-15/h4-5,8,11,14H,1-3,6-7,9-10H2,(H,18,21)(H,19,22)/t14-/m0/s1. The molecule has 2 N–H and O–H groups in total. The number of ether oxygens (including phenoxy) is 1. The number of aromatic amines is 1. The highest BCUT2D eigenvalue weighted by Gasteiger charge is 2.32. The van der Waals surface area contributed by atoms with E-state index in [0.29, 0.717) is 35.9 Å². The van der Waals surface area contributed by atoms with E-state index in [9.17, 15) is 9.59 Å². The van der Waals surface area contributed by atoms with Gasteiger partial charge in [0.05, 0.1) is 18.7 Å². The number of nitrogens with zero attached hydrogens (tertiary/aromatic N) is 1. The van der Waals surface area contributed by atoms with E-state index in [0.717, 1.165) is 13.1 Å². The van der Waals surface area contributed by atoms with Gasteiger partial charge in [-0.05, 0) is 37.0 Å². The molecule has 1 aromatic heterocycles. The number of carbonyl (C=O) groups is 1. The summed E-state index contributed by atoms with van der Waals surface area (Å²) in [5, 5.41) is 2.93. The first-order valence-electron chi connectivity index (χ1n) is 8.44. The lowest BCUT2D eigenvalue weighted by molar-refractivity contribution is -0.128. The van der Waals surface area contributed by atoms with Crippen LogP contribution in [-0.2, 0) is 9.53 Å². The maximum atomic E-state index is 12.7. The Morgan fingerprint density at radius 2 is 2.25 bits per heavy atom. The second-order valence-electron chi connectivity index (χ2n) is 6.60. The Hall–Kier alpha value is -2.12. The third kappa shape index (κ3) is 3.09. The molecule has 1 saturated heterocycles. The van der Waals surface area contributed by atoms with Crippen molar-refractivity contribution < 1.29 is 13.9 Å². The molecule has 1 saturated carbocycles. The predicted octanol–water partition coefficient (Wildman–Crippen LogP) is 1.56. The van der Waals surface area contributed by atoms with E-state index < -0.39 is 5.76 Å². The highest BCUT2D eigenvalue weighted by molar-refractivity contribution is 5.96. The van der Waals surface area contributed by atoms with Crippen LogP contribution in [0.25, 0.3) is 11.1 Å². The van der Waals surface area contributed by atoms with Gasteiger partial charge in [0.2, 0.25) is 5.91 Å².